The van der Waals surface area contributed by atoms with Crippen LogP contribution in [0.4, 0.5) is 0 Å². The highest BCUT2D eigenvalue weighted by atomic mass is 16.3. The standard InChI is InChI=1S/C25H37NO2/c1-2-3-4-5-6-7-8-9-10-11-12-13-14-15-16-17-18-19-25(27)26-22-24-20-21-28-23-24/h9-10,12-13,15-16,18-21,23H,2-8,11,14,17,22H2,1H3,(H,26,27). The molecule has 0 saturated carbocycles. The topological polar surface area (TPSA) is 42.2 Å². The Hall–Kier alpha value is -2.29. The first kappa shape index (κ1) is 23.7. The van der Waals surface area contributed by atoms with Crippen molar-refractivity contribution in [2.75, 3.05) is 0 Å². The van der Waals surface area contributed by atoms with Crippen LogP contribution in [-0.2, 0) is 11.3 Å². The molecule has 3 nitrogen and oxygen atoms in total. The van der Waals surface area contributed by atoms with Gasteiger partial charge in [0.05, 0.1) is 12.5 Å². The summed E-state index contributed by atoms with van der Waals surface area (Å²) in [5.41, 5.74) is 0.964. The molecule has 0 aromatic carbocycles. The first-order valence-electron chi connectivity index (χ1n) is 10.7. The van der Waals surface area contributed by atoms with E-state index < -0.39 is 0 Å². The van der Waals surface area contributed by atoms with Crippen molar-refractivity contribution >= 4 is 5.91 Å². The quantitative estimate of drug-likeness (QED) is 0.189. The second-order valence-corrected chi connectivity index (χ2v) is 6.93. The molecule has 0 aliphatic carbocycles. The molecule has 1 aromatic rings. The molecule has 0 saturated heterocycles. The Kier molecular flexibility index (Phi) is 15.3. The summed E-state index contributed by atoms with van der Waals surface area (Å²) in [6, 6.07) is 1.84. The van der Waals surface area contributed by atoms with Crippen molar-refractivity contribution in [2.24, 2.45) is 0 Å². The summed E-state index contributed by atoms with van der Waals surface area (Å²) >= 11 is 0. The van der Waals surface area contributed by atoms with E-state index >= 15 is 0 Å². The van der Waals surface area contributed by atoms with Crippen LogP contribution in [0.3, 0.4) is 0 Å². The number of carbonyl (C=O) groups is 1. The molecule has 1 heterocycles. The molecule has 0 aliphatic rings. The van der Waals surface area contributed by atoms with Crippen LogP contribution < -0.4 is 5.32 Å². The molecule has 154 valence electrons. The second-order valence-electron chi connectivity index (χ2n) is 6.93. The van der Waals surface area contributed by atoms with Crippen molar-refractivity contribution in [1.29, 1.82) is 0 Å². The number of unbranched alkanes of at least 4 members (excludes halogenated alkanes) is 6. The molecule has 1 N–H and O–H groups in total. The minimum atomic E-state index is -0.0813. The Bertz CT molecular complexity index is 594. The lowest BCUT2D eigenvalue weighted by Crippen LogP contribution is -2.19. The van der Waals surface area contributed by atoms with Crippen LogP contribution >= 0.6 is 0 Å². The molecule has 0 unspecified atom stereocenters. The van der Waals surface area contributed by atoms with E-state index in [-0.39, 0.29) is 5.91 Å². The zero-order valence-electron chi connectivity index (χ0n) is 17.4. The third-order valence-electron chi connectivity index (χ3n) is 4.36. The van der Waals surface area contributed by atoms with E-state index in [9.17, 15) is 4.79 Å². The van der Waals surface area contributed by atoms with Crippen molar-refractivity contribution in [3.05, 3.63) is 72.8 Å². The minimum Gasteiger partial charge on any atom is -0.472 e. The van der Waals surface area contributed by atoms with Crippen molar-refractivity contribution in [3.8, 4) is 0 Å². The van der Waals surface area contributed by atoms with Gasteiger partial charge in [-0.15, -0.1) is 0 Å². The van der Waals surface area contributed by atoms with Crippen molar-refractivity contribution in [2.45, 2.75) is 77.7 Å². The lowest BCUT2D eigenvalue weighted by atomic mass is 10.1. The van der Waals surface area contributed by atoms with E-state index in [0.717, 1.165) is 24.8 Å². The maximum absolute atomic E-state index is 11.6. The number of amides is 1. The molecule has 0 bridgehead atoms. The normalized spacial score (nSPS) is 12.2. The SMILES string of the molecule is CCCCCCCCC=CCC=CCC=CCC=CC(=O)NCc1ccoc1. The average Bonchev–Trinajstić information content (AvgIpc) is 3.22. The monoisotopic (exact) mass is 383 g/mol. The number of furan rings is 1. The molecule has 0 aliphatic heterocycles. The van der Waals surface area contributed by atoms with Crippen LogP contribution in [0.15, 0.2) is 71.6 Å². The Morgan fingerprint density at radius 1 is 0.893 bits per heavy atom. The van der Waals surface area contributed by atoms with Gasteiger partial charge in [-0.3, -0.25) is 4.79 Å². The molecule has 0 spiro atoms. The summed E-state index contributed by atoms with van der Waals surface area (Å²) < 4.78 is 4.96. The predicted molar refractivity (Wildman–Crippen MR) is 119 cm³/mol. The van der Waals surface area contributed by atoms with Crippen LogP contribution in [-0.4, -0.2) is 5.91 Å². The highest BCUT2D eigenvalue weighted by molar-refractivity contribution is 5.87. The van der Waals surface area contributed by atoms with Gasteiger partial charge in [0, 0.05) is 12.1 Å². The second kappa shape index (κ2) is 18.1. The summed E-state index contributed by atoms with van der Waals surface area (Å²) in [7, 11) is 0. The van der Waals surface area contributed by atoms with Gasteiger partial charge in [0.2, 0.25) is 5.91 Å². The number of hydrogen-bond acceptors (Lipinski definition) is 2. The largest absolute Gasteiger partial charge is 0.472 e. The minimum absolute atomic E-state index is 0.0813. The van der Waals surface area contributed by atoms with Gasteiger partial charge in [-0.1, -0.05) is 81.6 Å². The molecule has 0 atom stereocenters. The van der Waals surface area contributed by atoms with E-state index in [1.807, 2.05) is 12.1 Å². The number of carbonyl (C=O) groups excluding carboxylic acids is 1. The summed E-state index contributed by atoms with van der Waals surface area (Å²) in [6.45, 7) is 2.75. The summed E-state index contributed by atoms with van der Waals surface area (Å²) in [5, 5.41) is 2.81. The van der Waals surface area contributed by atoms with Gasteiger partial charge in [0.25, 0.3) is 0 Å². The summed E-state index contributed by atoms with van der Waals surface area (Å²) in [5.74, 6) is -0.0813. The first-order valence-corrected chi connectivity index (χ1v) is 10.7. The van der Waals surface area contributed by atoms with Crippen LogP contribution in [0.5, 0.6) is 0 Å². The van der Waals surface area contributed by atoms with Crippen LogP contribution in [0.2, 0.25) is 0 Å². The maximum atomic E-state index is 11.6. The Morgan fingerprint density at radius 3 is 2.21 bits per heavy atom. The van der Waals surface area contributed by atoms with Crippen molar-refractivity contribution in [1.82, 2.24) is 5.32 Å². The molecule has 1 rings (SSSR count). The number of allylic oxidation sites excluding steroid dienone is 7. The third-order valence-corrected chi connectivity index (χ3v) is 4.36. The zero-order valence-corrected chi connectivity index (χ0v) is 17.4. The fourth-order valence-electron chi connectivity index (χ4n) is 2.69. The van der Waals surface area contributed by atoms with E-state index in [4.69, 9.17) is 4.42 Å². The Balaban J connectivity index is 1.93. The number of hydrogen-bond donors (Lipinski definition) is 1. The molecule has 3 heteroatoms. The maximum Gasteiger partial charge on any atom is 0.243 e. The predicted octanol–water partition coefficient (Wildman–Crippen LogP) is 7.04. The smallest absolute Gasteiger partial charge is 0.243 e. The third kappa shape index (κ3) is 14.8. The average molecular weight is 384 g/mol. The van der Waals surface area contributed by atoms with E-state index in [0.29, 0.717) is 6.54 Å². The van der Waals surface area contributed by atoms with Crippen LogP contribution in [0, 0.1) is 0 Å². The van der Waals surface area contributed by atoms with Crippen molar-refractivity contribution < 1.29 is 9.21 Å². The van der Waals surface area contributed by atoms with E-state index in [2.05, 4.69) is 48.7 Å². The van der Waals surface area contributed by atoms with Gasteiger partial charge in [0.1, 0.15) is 0 Å². The van der Waals surface area contributed by atoms with E-state index in [1.165, 1.54) is 44.9 Å². The zero-order chi connectivity index (χ0) is 20.1. The summed E-state index contributed by atoms with van der Waals surface area (Å²) in [4.78, 5) is 11.6. The Morgan fingerprint density at radius 2 is 1.54 bits per heavy atom. The Labute approximate surface area is 171 Å². The fourth-order valence-corrected chi connectivity index (χ4v) is 2.69. The fraction of sp³-hybridized carbons (Fsp3) is 0.480. The van der Waals surface area contributed by atoms with E-state index in [1.54, 1.807) is 18.6 Å². The molecular formula is C25H37NO2. The summed E-state index contributed by atoms with van der Waals surface area (Å²) in [6.07, 6.45) is 32.0. The molecule has 1 amide bonds. The number of nitrogens with one attached hydrogen (secondary N) is 1. The van der Waals surface area contributed by atoms with Gasteiger partial charge in [-0.2, -0.15) is 0 Å². The lowest BCUT2D eigenvalue weighted by molar-refractivity contribution is -0.116. The number of rotatable bonds is 16. The molecule has 28 heavy (non-hydrogen) atoms. The van der Waals surface area contributed by atoms with Gasteiger partial charge < -0.3 is 9.73 Å². The highest BCUT2D eigenvalue weighted by Crippen LogP contribution is 2.07. The van der Waals surface area contributed by atoms with Crippen molar-refractivity contribution in [3.63, 3.8) is 0 Å². The van der Waals surface area contributed by atoms with Crippen LogP contribution in [0.25, 0.3) is 0 Å². The highest BCUT2D eigenvalue weighted by Gasteiger charge is 1.96. The molecular weight excluding hydrogens is 346 g/mol. The molecule has 1 aromatic heterocycles. The molecule has 0 fully saturated rings. The van der Waals surface area contributed by atoms with Gasteiger partial charge >= 0.3 is 0 Å². The lowest BCUT2D eigenvalue weighted by Gasteiger charge is -1.97. The first-order chi connectivity index (χ1) is 13.8. The van der Waals surface area contributed by atoms with Gasteiger partial charge in [-0.25, -0.2) is 0 Å². The molecule has 0 radical (unpaired) electrons. The van der Waals surface area contributed by atoms with Gasteiger partial charge in [0.15, 0.2) is 0 Å². The van der Waals surface area contributed by atoms with Crippen LogP contribution in [0.1, 0.15) is 76.7 Å². The van der Waals surface area contributed by atoms with Gasteiger partial charge in [-0.05, 0) is 44.2 Å².